The Bertz CT molecular complexity index is 1470. The first-order valence-electron chi connectivity index (χ1n) is 10.9. The lowest BCUT2D eigenvalue weighted by Gasteiger charge is -2.36. The van der Waals surface area contributed by atoms with Crippen LogP contribution in [0.4, 0.5) is 14.5 Å². The number of amides is 1. The third kappa shape index (κ3) is 3.67. The summed E-state index contributed by atoms with van der Waals surface area (Å²) >= 11 is 0. The van der Waals surface area contributed by atoms with E-state index in [1.54, 1.807) is 29.8 Å². The highest BCUT2D eigenvalue weighted by atomic mass is 19.1. The lowest BCUT2D eigenvalue weighted by molar-refractivity contribution is 0.0957. The lowest BCUT2D eigenvalue weighted by atomic mass is 10.1. The zero-order valence-electron chi connectivity index (χ0n) is 18.7. The van der Waals surface area contributed by atoms with Crippen molar-refractivity contribution >= 4 is 33.5 Å². The number of pyridine rings is 2. The van der Waals surface area contributed by atoms with E-state index in [2.05, 4.69) is 25.2 Å². The first-order valence-corrected chi connectivity index (χ1v) is 10.9. The summed E-state index contributed by atoms with van der Waals surface area (Å²) < 4.78 is 31.6. The molecule has 1 aliphatic heterocycles. The maximum Gasteiger partial charge on any atom is 0.276 e. The van der Waals surface area contributed by atoms with Crippen molar-refractivity contribution in [1.29, 1.82) is 0 Å². The average Bonchev–Trinajstić information content (AvgIpc) is 3.24. The van der Waals surface area contributed by atoms with Crippen LogP contribution in [0.1, 0.15) is 16.1 Å². The third-order valence-corrected chi connectivity index (χ3v) is 6.26. The van der Waals surface area contributed by atoms with Crippen molar-refractivity contribution in [3.8, 4) is 0 Å². The monoisotopic (exact) mass is 467 g/mol. The van der Waals surface area contributed by atoms with Gasteiger partial charge in [-0.25, -0.2) is 14.4 Å². The number of aryl methyl sites for hydroxylation is 1. The van der Waals surface area contributed by atoms with Crippen molar-refractivity contribution in [2.24, 2.45) is 7.05 Å². The predicted octanol–water partition coefficient (Wildman–Crippen LogP) is 1.77. The summed E-state index contributed by atoms with van der Waals surface area (Å²) in [7, 11) is 3.23. The number of H-pyrrole nitrogens is 1. The van der Waals surface area contributed by atoms with Gasteiger partial charge in [0.25, 0.3) is 11.5 Å². The number of nitrogens with zero attached hydrogens (tertiary/aromatic N) is 5. The van der Waals surface area contributed by atoms with Gasteiger partial charge in [-0.2, -0.15) is 4.39 Å². The highest BCUT2D eigenvalue weighted by molar-refractivity contribution is 6.02. The second kappa shape index (κ2) is 8.49. The number of nitrogens with one attached hydrogen (secondary N) is 2. The number of rotatable bonds is 4. The van der Waals surface area contributed by atoms with Gasteiger partial charge in [-0.05, 0) is 12.1 Å². The summed E-state index contributed by atoms with van der Waals surface area (Å²) in [6.45, 7) is 2.59. The maximum absolute atomic E-state index is 15.4. The number of anilines is 1. The fraction of sp³-hybridized carbons (Fsp3) is 0.304. The van der Waals surface area contributed by atoms with Crippen LogP contribution in [0.2, 0.25) is 0 Å². The van der Waals surface area contributed by atoms with Crippen LogP contribution in [0.3, 0.4) is 0 Å². The van der Waals surface area contributed by atoms with Crippen molar-refractivity contribution in [1.82, 2.24) is 29.7 Å². The van der Waals surface area contributed by atoms with E-state index in [0.717, 1.165) is 0 Å². The Labute approximate surface area is 193 Å². The Morgan fingerprint density at radius 1 is 1.15 bits per heavy atom. The van der Waals surface area contributed by atoms with Crippen LogP contribution >= 0.6 is 0 Å². The molecule has 0 unspecified atom stereocenters. The summed E-state index contributed by atoms with van der Waals surface area (Å²) in [5.41, 5.74) is 1.45. The summed E-state index contributed by atoms with van der Waals surface area (Å²) in [6.07, 6.45) is 1.54. The van der Waals surface area contributed by atoms with Crippen molar-refractivity contribution in [3.63, 3.8) is 0 Å². The zero-order chi connectivity index (χ0) is 24.0. The fourth-order valence-electron chi connectivity index (χ4n) is 4.45. The number of halogens is 2. The molecule has 0 atom stereocenters. The molecule has 0 aliphatic carbocycles. The number of hydrogen-bond acceptors (Lipinski definition) is 6. The van der Waals surface area contributed by atoms with E-state index >= 15 is 4.39 Å². The van der Waals surface area contributed by atoms with Crippen LogP contribution in [0, 0.1) is 11.8 Å². The molecular formula is C23H23F2N7O2. The summed E-state index contributed by atoms with van der Waals surface area (Å²) in [5.74, 6) is -1.60. The molecule has 1 amide bonds. The van der Waals surface area contributed by atoms with Crippen LogP contribution in [0.25, 0.3) is 21.9 Å². The Morgan fingerprint density at radius 2 is 1.91 bits per heavy atom. The molecule has 0 radical (unpaired) electrons. The van der Waals surface area contributed by atoms with Gasteiger partial charge in [-0.3, -0.25) is 14.5 Å². The predicted molar refractivity (Wildman–Crippen MR) is 124 cm³/mol. The van der Waals surface area contributed by atoms with Crippen LogP contribution in [-0.2, 0) is 13.6 Å². The van der Waals surface area contributed by atoms with Crippen molar-refractivity contribution in [3.05, 3.63) is 64.0 Å². The molecule has 34 heavy (non-hydrogen) atoms. The smallest absolute Gasteiger partial charge is 0.276 e. The molecule has 1 fully saturated rings. The highest BCUT2D eigenvalue weighted by Crippen LogP contribution is 2.26. The number of aromatic amines is 1. The lowest BCUT2D eigenvalue weighted by Crippen LogP contribution is -2.46. The van der Waals surface area contributed by atoms with Crippen LogP contribution < -0.4 is 15.8 Å². The third-order valence-electron chi connectivity index (χ3n) is 6.26. The van der Waals surface area contributed by atoms with Crippen molar-refractivity contribution in [2.45, 2.75) is 6.54 Å². The Balaban J connectivity index is 1.33. The van der Waals surface area contributed by atoms with E-state index in [4.69, 9.17) is 0 Å². The topological polar surface area (TPSA) is 99.1 Å². The average molecular weight is 467 g/mol. The van der Waals surface area contributed by atoms with E-state index in [1.807, 2.05) is 4.90 Å². The molecule has 1 aromatic carbocycles. The van der Waals surface area contributed by atoms with E-state index < -0.39 is 23.2 Å². The molecule has 3 aromatic heterocycles. The van der Waals surface area contributed by atoms with Gasteiger partial charge >= 0.3 is 0 Å². The van der Waals surface area contributed by atoms with E-state index in [9.17, 15) is 14.0 Å². The number of carbonyl (C=O) groups excluding carboxylic acids is 1. The standard InChI is InChI=1S/C23H23F2N7O2/c1-26-22(33)15-5-6-16(21(25)28-15)32-9-7-31(8-10-32)11-13-3-4-14-18(17(13)24)29-23(34)19-20(14)30(2)12-27-19/h3-6,12H,7-11H2,1-2H3,(H,26,33)(H,29,34). The van der Waals surface area contributed by atoms with E-state index in [-0.39, 0.29) is 16.7 Å². The molecule has 176 valence electrons. The molecule has 1 aliphatic rings. The van der Waals surface area contributed by atoms with Crippen molar-refractivity contribution in [2.75, 3.05) is 38.1 Å². The van der Waals surface area contributed by atoms with Gasteiger partial charge in [0, 0.05) is 57.8 Å². The quantitative estimate of drug-likeness (QED) is 0.444. The molecule has 0 spiro atoms. The van der Waals surface area contributed by atoms with Crippen LogP contribution in [0.15, 0.2) is 35.4 Å². The Morgan fingerprint density at radius 3 is 2.62 bits per heavy atom. The van der Waals surface area contributed by atoms with E-state index in [1.165, 1.54) is 19.4 Å². The van der Waals surface area contributed by atoms with Gasteiger partial charge in [0.1, 0.15) is 5.69 Å². The number of piperazine rings is 1. The number of aromatic nitrogens is 4. The number of carbonyl (C=O) groups is 1. The minimum absolute atomic E-state index is 0.0237. The maximum atomic E-state index is 15.4. The van der Waals surface area contributed by atoms with Gasteiger partial charge < -0.3 is 19.8 Å². The van der Waals surface area contributed by atoms with Crippen molar-refractivity contribution < 1.29 is 13.6 Å². The molecule has 5 rings (SSSR count). The molecule has 4 heterocycles. The Kier molecular flexibility index (Phi) is 5.48. The molecule has 1 saturated heterocycles. The fourth-order valence-corrected chi connectivity index (χ4v) is 4.45. The molecule has 4 aromatic rings. The van der Waals surface area contributed by atoms with Crippen LogP contribution in [-0.4, -0.2) is 63.6 Å². The SMILES string of the molecule is CNC(=O)c1ccc(N2CCN(Cc3ccc4c([nH]c(=O)c5ncn(C)c54)c3F)CC2)c(F)n1. The number of imidazole rings is 1. The molecule has 9 nitrogen and oxygen atoms in total. The van der Waals surface area contributed by atoms with Gasteiger partial charge in [0.15, 0.2) is 11.3 Å². The number of fused-ring (bicyclic) bond motifs is 3. The Hall–Kier alpha value is -3.86. The van der Waals surface area contributed by atoms with Gasteiger partial charge in [0.2, 0.25) is 5.95 Å². The highest BCUT2D eigenvalue weighted by Gasteiger charge is 2.23. The second-order valence-electron chi connectivity index (χ2n) is 8.32. The van der Waals surface area contributed by atoms with Gasteiger partial charge in [-0.15, -0.1) is 0 Å². The molecule has 11 heteroatoms. The minimum atomic E-state index is -0.694. The van der Waals surface area contributed by atoms with E-state index in [0.29, 0.717) is 54.9 Å². The molecule has 0 bridgehead atoms. The first kappa shape index (κ1) is 22.0. The van der Waals surface area contributed by atoms with Gasteiger partial charge in [0.05, 0.1) is 23.0 Å². The normalized spacial score (nSPS) is 14.8. The summed E-state index contributed by atoms with van der Waals surface area (Å²) in [5, 5.41) is 3.02. The molecule has 0 saturated carbocycles. The molecular weight excluding hydrogens is 444 g/mol. The second-order valence-corrected chi connectivity index (χ2v) is 8.32. The summed E-state index contributed by atoms with van der Waals surface area (Å²) in [4.78, 5) is 38.4. The van der Waals surface area contributed by atoms with Gasteiger partial charge in [-0.1, -0.05) is 12.1 Å². The summed E-state index contributed by atoms with van der Waals surface area (Å²) in [6, 6.07) is 6.59. The van der Waals surface area contributed by atoms with Crippen LogP contribution in [0.5, 0.6) is 0 Å². The largest absolute Gasteiger partial charge is 0.365 e. The zero-order valence-corrected chi connectivity index (χ0v) is 18.7. The minimum Gasteiger partial charge on any atom is -0.365 e. The number of hydrogen-bond donors (Lipinski definition) is 2. The number of benzene rings is 1. The molecule has 2 N–H and O–H groups in total. The first-order chi connectivity index (χ1) is 16.4.